The van der Waals surface area contributed by atoms with Gasteiger partial charge in [-0.2, -0.15) is 11.8 Å². The molecular formula is C14H16N2O2S. The number of aromatic nitrogens is 2. The van der Waals surface area contributed by atoms with Gasteiger partial charge in [0.05, 0.1) is 22.9 Å². The van der Waals surface area contributed by atoms with E-state index in [9.17, 15) is 9.90 Å². The molecule has 1 fully saturated rings. The van der Waals surface area contributed by atoms with Gasteiger partial charge in [0, 0.05) is 11.3 Å². The number of carboxylic acids is 1. The van der Waals surface area contributed by atoms with Crippen molar-refractivity contribution in [1.82, 2.24) is 9.55 Å². The van der Waals surface area contributed by atoms with Crippen LogP contribution < -0.4 is 0 Å². The van der Waals surface area contributed by atoms with E-state index in [2.05, 4.69) is 15.8 Å². The minimum atomic E-state index is -0.883. The van der Waals surface area contributed by atoms with Gasteiger partial charge in [0.15, 0.2) is 0 Å². The summed E-state index contributed by atoms with van der Waals surface area (Å²) in [5.74, 6) is -0.883. The van der Waals surface area contributed by atoms with Crippen molar-refractivity contribution in [1.29, 1.82) is 0 Å². The number of para-hydroxylation sites is 1. The van der Waals surface area contributed by atoms with Crippen molar-refractivity contribution in [2.45, 2.75) is 30.6 Å². The van der Waals surface area contributed by atoms with Crippen LogP contribution in [0, 0.1) is 0 Å². The molecule has 1 aromatic carbocycles. The summed E-state index contributed by atoms with van der Waals surface area (Å²) in [5.41, 5.74) is 1.89. The number of rotatable bonds is 3. The van der Waals surface area contributed by atoms with Gasteiger partial charge in [-0.15, -0.1) is 0 Å². The fourth-order valence-corrected chi connectivity index (χ4v) is 3.71. The van der Waals surface area contributed by atoms with Crippen molar-refractivity contribution in [2.24, 2.45) is 0 Å². The van der Waals surface area contributed by atoms with Crippen LogP contribution in [0.25, 0.3) is 11.0 Å². The highest BCUT2D eigenvalue weighted by Crippen LogP contribution is 2.38. The average molecular weight is 276 g/mol. The molecule has 0 radical (unpaired) electrons. The van der Waals surface area contributed by atoms with Gasteiger partial charge in [0.1, 0.15) is 0 Å². The smallest absolute Gasteiger partial charge is 0.337 e. The van der Waals surface area contributed by atoms with Crippen LogP contribution >= 0.6 is 11.8 Å². The quantitative estimate of drug-likeness (QED) is 0.935. The number of imidazole rings is 1. The molecule has 19 heavy (non-hydrogen) atoms. The summed E-state index contributed by atoms with van der Waals surface area (Å²) in [5, 5.41) is 10.0. The predicted molar refractivity (Wildman–Crippen MR) is 76.9 cm³/mol. The Balaban J connectivity index is 2.07. The average Bonchev–Trinajstić information content (AvgIpc) is 3.03. The Bertz CT molecular complexity index is 623. The van der Waals surface area contributed by atoms with Crippen LogP contribution in [0.1, 0.15) is 35.7 Å². The maximum absolute atomic E-state index is 11.4. The van der Waals surface area contributed by atoms with Crippen molar-refractivity contribution in [3.63, 3.8) is 0 Å². The maximum Gasteiger partial charge on any atom is 0.337 e. The summed E-state index contributed by atoms with van der Waals surface area (Å²) in [6.45, 7) is 0. The molecule has 0 saturated heterocycles. The van der Waals surface area contributed by atoms with Crippen molar-refractivity contribution in [2.75, 3.05) is 6.26 Å². The van der Waals surface area contributed by atoms with E-state index in [4.69, 9.17) is 0 Å². The number of nitrogens with zero attached hydrogens (tertiary/aromatic N) is 2. The Kier molecular flexibility index (Phi) is 3.22. The molecule has 1 aromatic heterocycles. The fraction of sp³-hybridized carbons (Fsp3) is 0.429. The topological polar surface area (TPSA) is 55.1 Å². The van der Waals surface area contributed by atoms with E-state index in [0.29, 0.717) is 16.9 Å². The van der Waals surface area contributed by atoms with Gasteiger partial charge in [-0.05, 0) is 37.7 Å². The zero-order valence-electron chi connectivity index (χ0n) is 10.7. The monoisotopic (exact) mass is 276 g/mol. The number of aromatic carboxylic acids is 1. The van der Waals surface area contributed by atoms with E-state index in [1.165, 1.54) is 6.42 Å². The first-order chi connectivity index (χ1) is 9.20. The van der Waals surface area contributed by atoms with Crippen LogP contribution in [0.4, 0.5) is 0 Å². The highest BCUT2D eigenvalue weighted by Gasteiger charge is 2.27. The molecule has 2 aromatic rings. The number of hydrogen-bond acceptors (Lipinski definition) is 3. The Labute approximate surface area is 115 Å². The lowest BCUT2D eigenvalue weighted by molar-refractivity contribution is 0.0698. The Morgan fingerprint density at radius 2 is 2.32 bits per heavy atom. The number of fused-ring (bicyclic) bond motifs is 1. The van der Waals surface area contributed by atoms with Crippen LogP contribution in [0.15, 0.2) is 24.5 Å². The maximum atomic E-state index is 11.4. The van der Waals surface area contributed by atoms with Crippen LogP contribution in [0.2, 0.25) is 0 Å². The minimum Gasteiger partial charge on any atom is -0.478 e. The second-order valence-corrected chi connectivity index (χ2v) is 6.09. The van der Waals surface area contributed by atoms with Crippen LogP contribution in [-0.2, 0) is 0 Å². The molecule has 1 saturated carbocycles. The predicted octanol–water partition coefficient (Wildman–Crippen LogP) is 3.19. The van der Waals surface area contributed by atoms with E-state index in [0.717, 1.165) is 23.9 Å². The molecule has 1 heterocycles. The molecular weight excluding hydrogens is 260 g/mol. The number of carboxylic acid groups (broad SMARTS) is 1. The zero-order chi connectivity index (χ0) is 13.4. The first-order valence-electron chi connectivity index (χ1n) is 6.42. The number of benzene rings is 1. The van der Waals surface area contributed by atoms with Crippen molar-refractivity contribution >= 4 is 28.8 Å². The molecule has 2 atom stereocenters. The zero-order valence-corrected chi connectivity index (χ0v) is 11.6. The number of hydrogen-bond donors (Lipinski definition) is 1. The summed E-state index contributed by atoms with van der Waals surface area (Å²) in [6, 6.07) is 5.66. The molecule has 1 aliphatic carbocycles. The molecule has 0 amide bonds. The molecule has 1 N–H and O–H groups in total. The molecule has 5 heteroatoms. The Hall–Kier alpha value is -1.49. The number of thioether (sulfide) groups is 1. The first-order valence-corrected chi connectivity index (χ1v) is 7.71. The van der Waals surface area contributed by atoms with Gasteiger partial charge in [0.25, 0.3) is 0 Å². The van der Waals surface area contributed by atoms with Crippen LogP contribution in [-0.4, -0.2) is 32.1 Å². The van der Waals surface area contributed by atoms with Gasteiger partial charge in [-0.1, -0.05) is 6.07 Å². The van der Waals surface area contributed by atoms with Gasteiger partial charge >= 0.3 is 5.97 Å². The summed E-state index contributed by atoms with van der Waals surface area (Å²) < 4.78 is 2.06. The van der Waals surface area contributed by atoms with Crippen LogP contribution in [0.5, 0.6) is 0 Å². The second kappa shape index (κ2) is 4.89. The second-order valence-electron chi connectivity index (χ2n) is 4.95. The fourth-order valence-electron chi connectivity index (χ4n) is 2.92. The molecule has 100 valence electrons. The van der Waals surface area contributed by atoms with E-state index in [1.54, 1.807) is 18.5 Å². The van der Waals surface area contributed by atoms with Gasteiger partial charge in [-0.25, -0.2) is 9.78 Å². The van der Waals surface area contributed by atoms with Crippen molar-refractivity contribution in [3.05, 3.63) is 30.1 Å². The first kappa shape index (κ1) is 12.5. The normalized spacial score (nSPS) is 23.0. The van der Waals surface area contributed by atoms with E-state index in [-0.39, 0.29) is 0 Å². The highest BCUT2D eigenvalue weighted by molar-refractivity contribution is 7.99. The van der Waals surface area contributed by atoms with Gasteiger partial charge in [0.2, 0.25) is 0 Å². The van der Waals surface area contributed by atoms with Crippen molar-refractivity contribution < 1.29 is 9.90 Å². The molecule has 0 aliphatic heterocycles. The molecule has 4 nitrogen and oxygen atoms in total. The summed E-state index contributed by atoms with van der Waals surface area (Å²) >= 11 is 1.90. The summed E-state index contributed by atoms with van der Waals surface area (Å²) in [6.07, 6.45) is 7.33. The SMILES string of the molecule is CSC1CCC(n2cnc3cccc(C(=O)O)c32)C1. The minimum absolute atomic E-state index is 0.350. The lowest BCUT2D eigenvalue weighted by Crippen LogP contribution is -2.08. The lowest BCUT2D eigenvalue weighted by Gasteiger charge is -2.14. The molecule has 0 spiro atoms. The summed E-state index contributed by atoms with van der Waals surface area (Å²) in [4.78, 5) is 15.7. The number of carbonyl (C=O) groups is 1. The lowest BCUT2D eigenvalue weighted by atomic mass is 10.1. The Morgan fingerprint density at radius 1 is 1.47 bits per heavy atom. The van der Waals surface area contributed by atoms with E-state index >= 15 is 0 Å². The van der Waals surface area contributed by atoms with Gasteiger partial charge < -0.3 is 9.67 Å². The van der Waals surface area contributed by atoms with E-state index < -0.39 is 5.97 Å². The molecule has 0 bridgehead atoms. The standard InChI is InChI=1S/C14H16N2O2S/c1-19-10-6-5-9(7-10)16-8-15-12-4-2-3-11(13(12)16)14(17)18/h2-4,8-10H,5-7H2,1H3,(H,17,18). The summed E-state index contributed by atoms with van der Waals surface area (Å²) in [7, 11) is 0. The Morgan fingerprint density at radius 3 is 3.00 bits per heavy atom. The molecule has 1 aliphatic rings. The van der Waals surface area contributed by atoms with E-state index in [1.807, 2.05) is 17.8 Å². The molecule has 2 unspecified atom stereocenters. The highest BCUT2D eigenvalue weighted by atomic mass is 32.2. The third-order valence-corrected chi connectivity index (χ3v) is 5.00. The largest absolute Gasteiger partial charge is 0.478 e. The third-order valence-electron chi connectivity index (χ3n) is 3.91. The van der Waals surface area contributed by atoms with Crippen LogP contribution in [0.3, 0.4) is 0 Å². The third kappa shape index (κ3) is 2.12. The van der Waals surface area contributed by atoms with Crippen molar-refractivity contribution in [3.8, 4) is 0 Å². The van der Waals surface area contributed by atoms with Gasteiger partial charge in [-0.3, -0.25) is 0 Å². The molecule has 3 rings (SSSR count).